The average molecular weight is 397 g/mol. The van der Waals surface area contributed by atoms with Crippen LogP contribution in [-0.4, -0.2) is 65.1 Å². The molecule has 150 valence electrons. The fraction of sp³-hybridized carbons (Fsp3) is 0.611. The second kappa shape index (κ2) is 8.45. The number of hydrogen-bond donors (Lipinski definition) is 2. The molecule has 1 aromatic rings. The molecule has 2 saturated heterocycles. The van der Waals surface area contributed by atoms with Crippen LogP contribution in [0.25, 0.3) is 0 Å². The first-order valence-corrected chi connectivity index (χ1v) is 10.6. The van der Waals surface area contributed by atoms with Crippen LogP contribution in [0.5, 0.6) is 11.5 Å². The molecule has 0 radical (unpaired) electrons. The first-order chi connectivity index (χ1) is 13.0. The van der Waals surface area contributed by atoms with Crippen molar-refractivity contribution in [3.8, 4) is 11.5 Å². The maximum atomic E-state index is 12.9. The van der Waals surface area contributed by atoms with Gasteiger partial charge in [-0.3, -0.25) is 4.79 Å². The van der Waals surface area contributed by atoms with Crippen molar-refractivity contribution in [2.24, 2.45) is 5.92 Å². The third-order valence-electron chi connectivity index (χ3n) is 5.22. The Bertz CT molecular complexity index is 769. The van der Waals surface area contributed by atoms with Gasteiger partial charge in [0.15, 0.2) is 11.5 Å². The van der Waals surface area contributed by atoms with E-state index in [0.29, 0.717) is 37.4 Å². The van der Waals surface area contributed by atoms with Crippen LogP contribution in [0.1, 0.15) is 19.3 Å². The number of carbonyl (C=O) groups excluding carboxylic acids is 1. The molecule has 1 amide bonds. The maximum absolute atomic E-state index is 12.9. The van der Waals surface area contributed by atoms with Gasteiger partial charge in [0, 0.05) is 31.7 Å². The van der Waals surface area contributed by atoms with Crippen LogP contribution in [-0.2, 0) is 14.8 Å². The second-order valence-electron chi connectivity index (χ2n) is 6.89. The first kappa shape index (κ1) is 19.9. The summed E-state index contributed by atoms with van der Waals surface area (Å²) in [6.45, 7) is 2.35. The van der Waals surface area contributed by atoms with Crippen LogP contribution >= 0.6 is 0 Å². The molecule has 1 unspecified atom stereocenters. The van der Waals surface area contributed by atoms with Gasteiger partial charge in [-0.2, -0.15) is 4.31 Å². The van der Waals surface area contributed by atoms with Crippen molar-refractivity contribution >= 4 is 15.9 Å². The molecule has 0 aromatic heterocycles. The molecule has 0 spiro atoms. The summed E-state index contributed by atoms with van der Waals surface area (Å²) in [6, 6.07) is 4.62. The lowest BCUT2D eigenvalue weighted by atomic mass is 10.0. The average Bonchev–Trinajstić information content (AvgIpc) is 3.22. The van der Waals surface area contributed by atoms with Gasteiger partial charge in [-0.15, -0.1) is 0 Å². The summed E-state index contributed by atoms with van der Waals surface area (Å²) >= 11 is 0. The number of nitrogens with one attached hydrogen (secondary N) is 2. The van der Waals surface area contributed by atoms with Gasteiger partial charge in [-0.1, -0.05) is 0 Å². The van der Waals surface area contributed by atoms with E-state index in [-0.39, 0.29) is 22.8 Å². The Balaban J connectivity index is 1.62. The number of benzene rings is 1. The number of sulfonamides is 1. The zero-order chi connectivity index (χ0) is 19.4. The van der Waals surface area contributed by atoms with Gasteiger partial charge in [0.25, 0.3) is 0 Å². The summed E-state index contributed by atoms with van der Waals surface area (Å²) in [6.07, 6.45) is 2.08. The normalized spacial score (nSPS) is 21.8. The van der Waals surface area contributed by atoms with E-state index in [1.165, 1.54) is 30.7 Å². The van der Waals surface area contributed by atoms with Gasteiger partial charge in [0.05, 0.1) is 25.0 Å². The molecule has 2 heterocycles. The van der Waals surface area contributed by atoms with Gasteiger partial charge >= 0.3 is 0 Å². The van der Waals surface area contributed by atoms with Crippen LogP contribution in [0, 0.1) is 5.92 Å². The van der Waals surface area contributed by atoms with Gasteiger partial charge in [0.2, 0.25) is 15.9 Å². The highest BCUT2D eigenvalue weighted by Crippen LogP contribution is 2.31. The number of amides is 1. The molecule has 3 rings (SSSR count). The van der Waals surface area contributed by atoms with Gasteiger partial charge in [0.1, 0.15) is 0 Å². The molecule has 0 aliphatic carbocycles. The number of hydrogen-bond acceptors (Lipinski definition) is 6. The Labute approximate surface area is 160 Å². The fourth-order valence-electron chi connectivity index (χ4n) is 3.56. The quantitative estimate of drug-likeness (QED) is 0.729. The number of carbonyl (C=O) groups is 1. The third kappa shape index (κ3) is 4.36. The van der Waals surface area contributed by atoms with E-state index >= 15 is 0 Å². The largest absolute Gasteiger partial charge is 0.493 e. The highest BCUT2D eigenvalue weighted by Gasteiger charge is 2.32. The molecule has 8 nitrogen and oxygen atoms in total. The van der Waals surface area contributed by atoms with E-state index in [1.807, 2.05) is 0 Å². The topological polar surface area (TPSA) is 97.0 Å². The summed E-state index contributed by atoms with van der Waals surface area (Å²) in [5.74, 6) is 0.963. The smallest absolute Gasteiger partial charge is 0.243 e. The Morgan fingerprint density at radius 1 is 1.15 bits per heavy atom. The van der Waals surface area contributed by atoms with Crippen molar-refractivity contribution < 1.29 is 22.7 Å². The van der Waals surface area contributed by atoms with Crippen molar-refractivity contribution in [3.05, 3.63) is 18.2 Å². The predicted octanol–water partition coefficient (Wildman–Crippen LogP) is 0.583. The lowest BCUT2D eigenvalue weighted by Gasteiger charge is -2.32. The van der Waals surface area contributed by atoms with E-state index in [2.05, 4.69) is 10.6 Å². The lowest BCUT2D eigenvalue weighted by Crippen LogP contribution is -2.48. The Kier molecular flexibility index (Phi) is 6.23. The van der Waals surface area contributed by atoms with E-state index in [4.69, 9.17) is 9.47 Å². The fourth-order valence-corrected chi connectivity index (χ4v) is 5.05. The molecule has 1 atom stereocenters. The SMILES string of the molecule is COc1ccc(S(=O)(=O)N2CCC(NC(=O)C3CCNC3)CC2)cc1OC. The van der Waals surface area contributed by atoms with Crippen LogP contribution in [0.15, 0.2) is 23.1 Å². The number of rotatable bonds is 6. The molecule has 2 N–H and O–H groups in total. The van der Waals surface area contributed by atoms with E-state index in [1.54, 1.807) is 6.07 Å². The minimum atomic E-state index is -3.61. The molecule has 0 saturated carbocycles. The standard InChI is InChI=1S/C18H27N3O5S/c1-25-16-4-3-15(11-17(16)26-2)27(23,24)21-9-6-14(7-10-21)20-18(22)13-5-8-19-12-13/h3-4,11,13-14,19H,5-10,12H2,1-2H3,(H,20,22). The van der Waals surface area contributed by atoms with Crippen molar-refractivity contribution in [1.82, 2.24) is 14.9 Å². The summed E-state index contributed by atoms with van der Waals surface area (Å²) in [7, 11) is -0.631. The van der Waals surface area contributed by atoms with Crippen LogP contribution < -0.4 is 20.1 Å². The van der Waals surface area contributed by atoms with Crippen molar-refractivity contribution in [2.75, 3.05) is 40.4 Å². The van der Waals surface area contributed by atoms with E-state index in [0.717, 1.165) is 19.5 Å². The molecule has 27 heavy (non-hydrogen) atoms. The third-order valence-corrected chi connectivity index (χ3v) is 7.12. The number of piperidine rings is 1. The minimum Gasteiger partial charge on any atom is -0.493 e. The second-order valence-corrected chi connectivity index (χ2v) is 8.83. The van der Waals surface area contributed by atoms with Crippen LogP contribution in [0.4, 0.5) is 0 Å². The van der Waals surface area contributed by atoms with E-state index < -0.39 is 10.0 Å². The highest BCUT2D eigenvalue weighted by molar-refractivity contribution is 7.89. The van der Waals surface area contributed by atoms with Gasteiger partial charge in [-0.25, -0.2) is 8.42 Å². The number of ether oxygens (including phenoxy) is 2. The lowest BCUT2D eigenvalue weighted by molar-refractivity contribution is -0.125. The Morgan fingerprint density at radius 3 is 2.44 bits per heavy atom. The monoisotopic (exact) mass is 397 g/mol. The van der Waals surface area contributed by atoms with E-state index in [9.17, 15) is 13.2 Å². The zero-order valence-corrected chi connectivity index (χ0v) is 16.5. The first-order valence-electron chi connectivity index (χ1n) is 9.19. The molecular weight excluding hydrogens is 370 g/mol. The van der Waals surface area contributed by atoms with Crippen molar-refractivity contribution in [1.29, 1.82) is 0 Å². The molecule has 0 bridgehead atoms. The molecule has 9 heteroatoms. The Morgan fingerprint density at radius 2 is 1.85 bits per heavy atom. The van der Waals surface area contributed by atoms with Gasteiger partial charge in [-0.05, 0) is 37.9 Å². The van der Waals surface area contributed by atoms with Crippen LogP contribution in [0.3, 0.4) is 0 Å². The minimum absolute atomic E-state index is 0.0231. The zero-order valence-electron chi connectivity index (χ0n) is 15.7. The highest BCUT2D eigenvalue weighted by atomic mass is 32.2. The van der Waals surface area contributed by atoms with Crippen molar-refractivity contribution in [2.45, 2.75) is 30.2 Å². The molecule has 2 fully saturated rings. The number of nitrogens with zero attached hydrogens (tertiary/aromatic N) is 1. The predicted molar refractivity (Wildman–Crippen MR) is 100 cm³/mol. The van der Waals surface area contributed by atoms with Crippen molar-refractivity contribution in [3.63, 3.8) is 0 Å². The summed E-state index contributed by atoms with van der Waals surface area (Å²) in [5.41, 5.74) is 0. The Hall–Kier alpha value is -1.84. The summed E-state index contributed by atoms with van der Waals surface area (Å²) < 4.78 is 37.7. The summed E-state index contributed by atoms with van der Waals surface area (Å²) in [4.78, 5) is 12.4. The molecular formula is C18H27N3O5S. The molecule has 2 aliphatic rings. The number of methoxy groups -OCH3 is 2. The van der Waals surface area contributed by atoms with Crippen LogP contribution in [0.2, 0.25) is 0 Å². The van der Waals surface area contributed by atoms with Gasteiger partial charge < -0.3 is 20.1 Å². The molecule has 2 aliphatic heterocycles. The maximum Gasteiger partial charge on any atom is 0.243 e. The summed E-state index contributed by atoms with van der Waals surface area (Å²) in [5, 5.41) is 6.25. The molecule has 1 aromatic carbocycles.